The lowest BCUT2D eigenvalue weighted by Crippen LogP contribution is -2.54. The van der Waals surface area contributed by atoms with Crippen LogP contribution in [0, 0.1) is 13.8 Å². The third kappa shape index (κ3) is 2.43. The Labute approximate surface area is 126 Å². The number of carboxylic acids is 1. The van der Waals surface area contributed by atoms with Crippen LogP contribution in [0.15, 0.2) is 10.6 Å². The number of aryl methyl sites for hydroxylation is 2. The van der Waals surface area contributed by atoms with Crippen molar-refractivity contribution < 1.29 is 19.2 Å². The number of carboxylic acid groups (broad SMARTS) is 1. The van der Waals surface area contributed by atoms with Crippen LogP contribution in [-0.4, -0.2) is 32.7 Å². The second-order valence-corrected chi connectivity index (χ2v) is 5.92. The first kappa shape index (κ1) is 14.5. The third-order valence-electron chi connectivity index (χ3n) is 4.17. The van der Waals surface area contributed by atoms with E-state index in [1.807, 2.05) is 0 Å². The van der Waals surface area contributed by atoms with E-state index in [1.165, 1.54) is 0 Å². The number of amides is 1. The highest BCUT2D eigenvalue weighted by Gasteiger charge is 2.40. The number of carbonyl (C=O) groups is 2. The number of aliphatic carboxylic acids is 1. The third-order valence-corrected chi connectivity index (χ3v) is 4.17. The van der Waals surface area contributed by atoms with Crippen molar-refractivity contribution >= 4 is 23.0 Å². The average Bonchev–Trinajstić information content (AvgIpc) is 2.76. The molecule has 1 fully saturated rings. The molecule has 1 aliphatic rings. The van der Waals surface area contributed by atoms with Gasteiger partial charge in [0.05, 0.1) is 28.6 Å². The van der Waals surface area contributed by atoms with E-state index in [9.17, 15) is 9.59 Å². The standard InChI is InChI=1S/C15H17N3O4/c1-8-6-10(12-9(2)18-22-14(12)16-8)13(21)17-15(4-3-5-15)7-11(19)20/h6H,3-5,7H2,1-2H3,(H,17,21)(H,19,20). The van der Waals surface area contributed by atoms with Gasteiger partial charge in [-0.25, -0.2) is 4.98 Å². The molecular formula is C15H17N3O4. The summed E-state index contributed by atoms with van der Waals surface area (Å²) in [6.45, 7) is 3.51. The molecule has 1 aliphatic carbocycles. The fourth-order valence-electron chi connectivity index (χ4n) is 2.94. The molecule has 0 radical (unpaired) electrons. The monoisotopic (exact) mass is 303 g/mol. The van der Waals surface area contributed by atoms with Crippen molar-refractivity contribution in [2.24, 2.45) is 0 Å². The van der Waals surface area contributed by atoms with Crippen LogP contribution in [0.4, 0.5) is 0 Å². The van der Waals surface area contributed by atoms with Crippen LogP contribution >= 0.6 is 0 Å². The second kappa shape index (κ2) is 5.08. The maximum absolute atomic E-state index is 12.6. The molecule has 2 heterocycles. The molecule has 0 aromatic carbocycles. The Morgan fingerprint density at radius 2 is 2.14 bits per heavy atom. The van der Waals surface area contributed by atoms with Crippen molar-refractivity contribution in [2.75, 3.05) is 0 Å². The molecule has 0 spiro atoms. The smallest absolute Gasteiger partial charge is 0.305 e. The van der Waals surface area contributed by atoms with E-state index >= 15 is 0 Å². The van der Waals surface area contributed by atoms with Crippen molar-refractivity contribution in [1.82, 2.24) is 15.5 Å². The Morgan fingerprint density at radius 1 is 1.41 bits per heavy atom. The van der Waals surface area contributed by atoms with Gasteiger partial charge in [0.15, 0.2) is 0 Å². The molecule has 2 aromatic heterocycles. The average molecular weight is 303 g/mol. The maximum atomic E-state index is 12.6. The summed E-state index contributed by atoms with van der Waals surface area (Å²) in [5, 5.41) is 16.4. The van der Waals surface area contributed by atoms with Crippen LogP contribution in [0.3, 0.4) is 0 Å². The van der Waals surface area contributed by atoms with Gasteiger partial charge in [0.2, 0.25) is 0 Å². The van der Waals surface area contributed by atoms with Gasteiger partial charge in [-0.15, -0.1) is 0 Å². The Hall–Kier alpha value is -2.44. The fourth-order valence-corrected chi connectivity index (χ4v) is 2.94. The normalized spacial score (nSPS) is 16.3. The number of carbonyl (C=O) groups excluding carboxylic acids is 1. The minimum atomic E-state index is -0.905. The molecule has 0 aliphatic heterocycles. The zero-order valence-corrected chi connectivity index (χ0v) is 12.5. The summed E-state index contributed by atoms with van der Waals surface area (Å²) in [5.74, 6) is -1.21. The van der Waals surface area contributed by atoms with E-state index in [4.69, 9.17) is 9.63 Å². The van der Waals surface area contributed by atoms with Crippen LogP contribution < -0.4 is 5.32 Å². The number of fused-ring (bicyclic) bond motifs is 1. The highest BCUT2D eigenvalue weighted by atomic mass is 16.5. The minimum Gasteiger partial charge on any atom is -0.481 e. The molecule has 7 heteroatoms. The minimum absolute atomic E-state index is 0.0609. The topological polar surface area (TPSA) is 105 Å². The molecule has 2 N–H and O–H groups in total. The lowest BCUT2D eigenvalue weighted by Gasteiger charge is -2.41. The first-order valence-electron chi connectivity index (χ1n) is 7.18. The Kier molecular flexibility index (Phi) is 3.35. The molecule has 0 saturated heterocycles. The van der Waals surface area contributed by atoms with Gasteiger partial charge < -0.3 is 14.9 Å². The molecule has 2 aromatic rings. The van der Waals surface area contributed by atoms with Gasteiger partial charge in [0.25, 0.3) is 11.6 Å². The summed E-state index contributed by atoms with van der Waals surface area (Å²) in [5.41, 5.74) is 1.35. The number of aromatic nitrogens is 2. The summed E-state index contributed by atoms with van der Waals surface area (Å²) >= 11 is 0. The van der Waals surface area contributed by atoms with Crippen LogP contribution in [0.5, 0.6) is 0 Å². The Morgan fingerprint density at radius 3 is 2.73 bits per heavy atom. The van der Waals surface area contributed by atoms with Crippen molar-refractivity contribution in [3.05, 3.63) is 23.0 Å². The molecule has 0 bridgehead atoms. The van der Waals surface area contributed by atoms with E-state index in [0.717, 1.165) is 6.42 Å². The molecule has 1 saturated carbocycles. The summed E-state index contributed by atoms with van der Waals surface area (Å²) < 4.78 is 5.12. The van der Waals surface area contributed by atoms with Crippen molar-refractivity contribution in [1.29, 1.82) is 0 Å². The number of pyridine rings is 1. The molecule has 3 rings (SSSR count). The largest absolute Gasteiger partial charge is 0.481 e. The van der Waals surface area contributed by atoms with E-state index in [0.29, 0.717) is 40.9 Å². The first-order valence-corrected chi connectivity index (χ1v) is 7.18. The van der Waals surface area contributed by atoms with E-state index in [2.05, 4.69) is 15.5 Å². The van der Waals surface area contributed by atoms with E-state index < -0.39 is 11.5 Å². The van der Waals surface area contributed by atoms with Gasteiger partial charge in [-0.1, -0.05) is 5.16 Å². The SMILES string of the molecule is Cc1cc(C(=O)NC2(CC(=O)O)CCC2)c2c(C)noc2n1. The molecule has 22 heavy (non-hydrogen) atoms. The van der Waals surface area contributed by atoms with Gasteiger partial charge in [-0.2, -0.15) is 0 Å². The molecule has 116 valence electrons. The zero-order chi connectivity index (χ0) is 15.9. The van der Waals surface area contributed by atoms with Crippen molar-refractivity contribution in [3.63, 3.8) is 0 Å². The van der Waals surface area contributed by atoms with Crippen LogP contribution in [0.25, 0.3) is 11.1 Å². The van der Waals surface area contributed by atoms with Crippen molar-refractivity contribution in [2.45, 2.75) is 45.1 Å². The summed E-state index contributed by atoms with van der Waals surface area (Å²) in [7, 11) is 0. The molecular weight excluding hydrogens is 286 g/mol. The number of rotatable bonds is 4. The number of nitrogens with zero attached hydrogens (tertiary/aromatic N) is 2. The number of hydrogen-bond acceptors (Lipinski definition) is 5. The van der Waals surface area contributed by atoms with Crippen LogP contribution in [0.1, 0.15) is 47.4 Å². The highest BCUT2D eigenvalue weighted by Crippen LogP contribution is 2.35. The van der Waals surface area contributed by atoms with Gasteiger partial charge in [0, 0.05) is 5.69 Å². The summed E-state index contributed by atoms with van der Waals surface area (Å²) in [6.07, 6.45) is 2.22. The number of hydrogen-bond donors (Lipinski definition) is 2. The summed E-state index contributed by atoms with van der Waals surface area (Å²) in [6, 6.07) is 1.68. The lowest BCUT2D eigenvalue weighted by atomic mass is 9.74. The first-order chi connectivity index (χ1) is 10.4. The molecule has 0 unspecified atom stereocenters. The Balaban J connectivity index is 1.95. The van der Waals surface area contributed by atoms with Gasteiger partial charge in [0.1, 0.15) is 0 Å². The fraction of sp³-hybridized carbons (Fsp3) is 0.467. The van der Waals surface area contributed by atoms with E-state index in [1.54, 1.807) is 19.9 Å². The molecule has 0 atom stereocenters. The predicted molar refractivity (Wildman–Crippen MR) is 77.6 cm³/mol. The molecule has 7 nitrogen and oxygen atoms in total. The summed E-state index contributed by atoms with van der Waals surface area (Å²) in [4.78, 5) is 27.9. The lowest BCUT2D eigenvalue weighted by molar-refractivity contribution is -0.139. The maximum Gasteiger partial charge on any atom is 0.305 e. The van der Waals surface area contributed by atoms with Gasteiger partial charge in [-0.3, -0.25) is 9.59 Å². The second-order valence-electron chi connectivity index (χ2n) is 5.92. The Bertz CT molecular complexity index is 761. The predicted octanol–water partition coefficient (Wildman–Crippen LogP) is 1.97. The number of nitrogens with one attached hydrogen (secondary N) is 1. The highest BCUT2D eigenvalue weighted by molar-refractivity contribution is 6.06. The van der Waals surface area contributed by atoms with Gasteiger partial charge >= 0.3 is 5.97 Å². The zero-order valence-electron chi connectivity index (χ0n) is 12.5. The van der Waals surface area contributed by atoms with E-state index in [-0.39, 0.29) is 12.3 Å². The molecule has 1 amide bonds. The van der Waals surface area contributed by atoms with Crippen LogP contribution in [-0.2, 0) is 4.79 Å². The van der Waals surface area contributed by atoms with Crippen LogP contribution in [0.2, 0.25) is 0 Å². The quantitative estimate of drug-likeness (QED) is 0.894. The van der Waals surface area contributed by atoms with Crippen molar-refractivity contribution in [3.8, 4) is 0 Å². The van der Waals surface area contributed by atoms with Gasteiger partial charge in [-0.05, 0) is 39.2 Å².